The quantitative estimate of drug-likeness (QED) is 0.544. The third-order valence-corrected chi connectivity index (χ3v) is 4.79. The van der Waals surface area contributed by atoms with Gasteiger partial charge in [0.25, 0.3) is 0 Å². The molecule has 0 saturated heterocycles. The summed E-state index contributed by atoms with van der Waals surface area (Å²) in [7, 11) is 1.76. The Labute approximate surface area is 121 Å². The van der Waals surface area contributed by atoms with E-state index in [1.165, 1.54) is 19.3 Å². The summed E-state index contributed by atoms with van der Waals surface area (Å²) in [6.07, 6.45) is 5.79. The minimum atomic E-state index is -0.0859. The first kappa shape index (κ1) is 18.9. The molecular weight excluding hydrogens is 236 g/mol. The second-order valence-electron chi connectivity index (χ2n) is 7.34. The molecule has 0 aliphatic rings. The van der Waals surface area contributed by atoms with E-state index in [1.54, 1.807) is 7.11 Å². The molecule has 0 atom stereocenters. The molecule has 2 heteroatoms. The lowest BCUT2D eigenvalue weighted by Gasteiger charge is -2.33. The average molecular weight is 272 g/mol. The molecule has 19 heavy (non-hydrogen) atoms. The summed E-state index contributed by atoms with van der Waals surface area (Å²) in [6.45, 7) is 16.4. The summed E-state index contributed by atoms with van der Waals surface area (Å²) in [6, 6.07) is 0. The third kappa shape index (κ3) is 7.94. The van der Waals surface area contributed by atoms with Crippen LogP contribution < -0.4 is 0 Å². The van der Waals surface area contributed by atoms with Gasteiger partial charge in [0.1, 0.15) is 0 Å². The van der Waals surface area contributed by atoms with Crippen molar-refractivity contribution in [1.29, 1.82) is 0 Å². The van der Waals surface area contributed by atoms with Gasteiger partial charge >= 0.3 is 0 Å². The number of rotatable bonds is 10. The van der Waals surface area contributed by atoms with Crippen LogP contribution in [0.1, 0.15) is 80.6 Å². The molecule has 0 aliphatic carbocycles. The van der Waals surface area contributed by atoms with Crippen molar-refractivity contribution < 1.29 is 9.47 Å². The molecule has 0 aromatic rings. The smallest absolute Gasteiger partial charge is 0.0644 e. The van der Waals surface area contributed by atoms with Gasteiger partial charge in [0.15, 0.2) is 0 Å². The average Bonchev–Trinajstić information content (AvgIpc) is 2.35. The van der Waals surface area contributed by atoms with E-state index in [-0.39, 0.29) is 11.2 Å². The van der Waals surface area contributed by atoms with E-state index in [1.807, 2.05) is 0 Å². The summed E-state index contributed by atoms with van der Waals surface area (Å²) in [4.78, 5) is 0. The highest BCUT2D eigenvalue weighted by molar-refractivity contribution is 4.78. The van der Waals surface area contributed by atoms with Gasteiger partial charge in [-0.3, -0.25) is 0 Å². The minimum absolute atomic E-state index is 0.0323. The summed E-state index contributed by atoms with van der Waals surface area (Å²) >= 11 is 0. The van der Waals surface area contributed by atoms with Gasteiger partial charge in [0.2, 0.25) is 0 Å². The molecule has 0 fully saturated rings. The molecule has 0 saturated carbocycles. The van der Waals surface area contributed by atoms with Crippen molar-refractivity contribution >= 4 is 0 Å². The van der Waals surface area contributed by atoms with Crippen LogP contribution in [0.3, 0.4) is 0 Å². The van der Waals surface area contributed by atoms with Crippen molar-refractivity contribution in [1.82, 2.24) is 0 Å². The molecule has 0 heterocycles. The lowest BCUT2D eigenvalue weighted by Crippen LogP contribution is -2.31. The van der Waals surface area contributed by atoms with Crippen LogP contribution >= 0.6 is 0 Å². The highest BCUT2D eigenvalue weighted by Gasteiger charge is 2.26. The lowest BCUT2D eigenvalue weighted by atomic mass is 9.78. The zero-order valence-electron chi connectivity index (χ0n) is 14.6. The van der Waals surface area contributed by atoms with Crippen molar-refractivity contribution in [3.05, 3.63) is 0 Å². The molecule has 0 amide bonds. The Morgan fingerprint density at radius 1 is 0.737 bits per heavy atom. The molecule has 0 bridgehead atoms. The van der Waals surface area contributed by atoms with Gasteiger partial charge in [0.05, 0.1) is 17.8 Å². The number of hydrogen-bond acceptors (Lipinski definition) is 2. The Kier molecular flexibility index (Phi) is 7.60. The highest BCUT2D eigenvalue weighted by Crippen LogP contribution is 2.34. The van der Waals surface area contributed by atoms with Gasteiger partial charge in [-0.25, -0.2) is 0 Å². The Hall–Kier alpha value is -0.0800. The Morgan fingerprint density at radius 3 is 1.68 bits per heavy atom. The zero-order chi connectivity index (χ0) is 15.2. The number of methoxy groups -OCH3 is 1. The van der Waals surface area contributed by atoms with Crippen LogP contribution in [0.15, 0.2) is 0 Å². The van der Waals surface area contributed by atoms with E-state index in [0.717, 1.165) is 19.4 Å². The maximum Gasteiger partial charge on any atom is 0.0644 e. The van der Waals surface area contributed by atoms with Crippen LogP contribution in [0.2, 0.25) is 0 Å². The van der Waals surface area contributed by atoms with E-state index in [2.05, 4.69) is 48.5 Å². The fourth-order valence-electron chi connectivity index (χ4n) is 1.95. The molecule has 0 spiro atoms. The molecular formula is C17H36O2. The molecule has 0 aromatic carbocycles. The van der Waals surface area contributed by atoms with E-state index in [4.69, 9.17) is 9.47 Å². The summed E-state index contributed by atoms with van der Waals surface area (Å²) in [5, 5.41) is 0. The van der Waals surface area contributed by atoms with Crippen LogP contribution in [0.5, 0.6) is 0 Å². The maximum atomic E-state index is 6.07. The SMILES string of the molecule is CCC(C)(CC)CCC(C)(C)OCCC(C)(C)OC. The molecule has 116 valence electrons. The van der Waals surface area contributed by atoms with Crippen molar-refractivity contribution in [2.75, 3.05) is 13.7 Å². The van der Waals surface area contributed by atoms with Crippen LogP contribution in [0.25, 0.3) is 0 Å². The molecule has 0 radical (unpaired) electrons. The summed E-state index contributed by atoms with van der Waals surface area (Å²) in [5.74, 6) is 0. The minimum Gasteiger partial charge on any atom is -0.379 e. The molecule has 2 nitrogen and oxygen atoms in total. The second kappa shape index (κ2) is 7.64. The van der Waals surface area contributed by atoms with E-state index in [9.17, 15) is 0 Å². The lowest BCUT2D eigenvalue weighted by molar-refractivity contribution is -0.0654. The van der Waals surface area contributed by atoms with Crippen molar-refractivity contribution in [3.8, 4) is 0 Å². The maximum absolute atomic E-state index is 6.07. The predicted octanol–water partition coefficient (Wildman–Crippen LogP) is 5.20. The van der Waals surface area contributed by atoms with Crippen LogP contribution in [-0.4, -0.2) is 24.9 Å². The van der Waals surface area contributed by atoms with Crippen molar-refractivity contribution in [2.24, 2.45) is 5.41 Å². The van der Waals surface area contributed by atoms with E-state index in [0.29, 0.717) is 5.41 Å². The number of hydrogen-bond donors (Lipinski definition) is 0. The van der Waals surface area contributed by atoms with E-state index >= 15 is 0 Å². The first-order valence-corrected chi connectivity index (χ1v) is 7.79. The normalized spacial score (nSPS) is 13.9. The van der Waals surface area contributed by atoms with Crippen LogP contribution in [0.4, 0.5) is 0 Å². The van der Waals surface area contributed by atoms with Gasteiger partial charge in [-0.05, 0) is 52.4 Å². The fourth-order valence-corrected chi connectivity index (χ4v) is 1.95. The van der Waals surface area contributed by atoms with Gasteiger partial charge in [-0.15, -0.1) is 0 Å². The third-order valence-electron chi connectivity index (χ3n) is 4.79. The Balaban J connectivity index is 4.12. The first-order valence-electron chi connectivity index (χ1n) is 7.79. The molecule has 0 aliphatic heterocycles. The van der Waals surface area contributed by atoms with Gasteiger partial charge in [0, 0.05) is 7.11 Å². The van der Waals surface area contributed by atoms with Crippen LogP contribution in [0, 0.1) is 5.41 Å². The van der Waals surface area contributed by atoms with E-state index < -0.39 is 0 Å². The van der Waals surface area contributed by atoms with Gasteiger partial charge in [-0.2, -0.15) is 0 Å². The van der Waals surface area contributed by atoms with Crippen molar-refractivity contribution in [2.45, 2.75) is 91.8 Å². The van der Waals surface area contributed by atoms with Gasteiger partial charge < -0.3 is 9.47 Å². The van der Waals surface area contributed by atoms with Gasteiger partial charge in [-0.1, -0.05) is 33.6 Å². The molecule has 0 unspecified atom stereocenters. The molecule has 0 N–H and O–H groups in total. The second-order valence-corrected chi connectivity index (χ2v) is 7.34. The zero-order valence-corrected chi connectivity index (χ0v) is 14.6. The standard InChI is InChI=1S/C17H36O2/c1-9-17(7,10-2)12-11-16(5,6)19-14-13-15(3,4)18-8/h9-14H2,1-8H3. The highest BCUT2D eigenvalue weighted by atomic mass is 16.5. The fraction of sp³-hybridized carbons (Fsp3) is 1.00. The predicted molar refractivity (Wildman–Crippen MR) is 83.7 cm³/mol. The van der Waals surface area contributed by atoms with Crippen LogP contribution in [-0.2, 0) is 9.47 Å². The Morgan fingerprint density at radius 2 is 1.26 bits per heavy atom. The number of ether oxygens (including phenoxy) is 2. The monoisotopic (exact) mass is 272 g/mol. The summed E-state index contributed by atoms with van der Waals surface area (Å²) in [5.41, 5.74) is 0.347. The Bertz CT molecular complexity index is 240. The molecule has 0 aromatic heterocycles. The topological polar surface area (TPSA) is 18.5 Å². The molecule has 0 rings (SSSR count). The largest absolute Gasteiger partial charge is 0.379 e. The van der Waals surface area contributed by atoms with Crippen molar-refractivity contribution in [3.63, 3.8) is 0 Å². The first-order chi connectivity index (χ1) is 8.60. The summed E-state index contributed by atoms with van der Waals surface area (Å²) < 4.78 is 11.5.